The molecule has 0 radical (unpaired) electrons. The summed E-state index contributed by atoms with van der Waals surface area (Å²) in [6, 6.07) is 9.72. The van der Waals surface area contributed by atoms with Gasteiger partial charge in [0.25, 0.3) is 11.8 Å². The number of likely N-dealkylation sites (tertiary alicyclic amines) is 1. The number of nitrogens with one attached hydrogen (secondary N) is 2. The minimum atomic E-state index is -0.859. The molecule has 0 saturated carbocycles. The quantitative estimate of drug-likeness (QED) is 0.0994. The predicted molar refractivity (Wildman–Crippen MR) is 162 cm³/mol. The van der Waals surface area contributed by atoms with Gasteiger partial charge in [0, 0.05) is 43.5 Å². The Bertz CT molecular complexity index is 1500. The summed E-state index contributed by atoms with van der Waals surface area (Å²) in [7, 11) is 2.24. The number of aromatic nitrogens is 2. The number of hydrogen-bond acceptors (Lipinski definition) is 8. The first-order chi connectivity index (χ1) is 21.3. The van der Waals surface area contributed by atoms with Gasteiger partial charge >= 0.3 is 0 Å². The molecule has 2 aliphatic rings. The lowest BCUT2D eigenvalue weighted by Gasteiger charge is -2.37. The molecule has 2 N–H and O–H groups in total. The summed E-state index contributed by atoms with van der Waals surface area (Å²) < 4.78 is 12.5. The molecule has 2 aromatic heterocycles. The molecule has 0 unspecified atom stereocenters. The summed E-state index contributed by atoms with van der Waals surface area (Å²) in [5.74, 6) is -1.64. The van der Waals surface area contributed by atoms with E-state index in [1.54, 1.807) is 42.9 Å². The Morgan fingerprint density at radius 2 is 1.91 bits per heavy atom. The molecular formula is C32H39IN6O6. The van der Waals surface area contributed by atoms with Gasteiger partial charge in [0.15, 0.2) is 0 Å². The average Bonchev–Trinajstić information content (AvgIpc) is 3.55. The molecule has 13 heteroatoms. The number of hydrogen-bond donors (Lipinski definition) is 2. The number of halogens is 1. The highest BCUT2D eigenvalue weighted by Gasteiger charge is 2.37. The van der Waals surface area contributed by atoms with E-state index in [2.05, 4.69) is 27.6 Å². The highest BCUT2D eigenvalue weighted by Crippen LogP contribution is 2.23. The van der Waals surface area contributed by atoms with Crippen LogP contribution in [0.2, 0.25) is 0 Å². The van der Waals surface area contributed by atoms with E-state index in [9.17, 15) is 19.2 Å². The lowest BCUT2D eigenvalue weighted by Crippen LogP contribution is -3.00. The third-order valence-corrected chi connectivity index (χ3v) is 8.30. The van der Waals surface area contributed by atoms with Crippen molar-refractivity contribution in [1.29, 1.82) is 0 Å². The maximum absolute atomic E-state index is 13.2. The Hall–Kier alpha value is -3.69. The van der Waals surface area contributed by atoms with Crippen LogP contribution in [-0.4, -0.2) is 108 Å². The molecule has 45 heavy (non-hydrogen) atoms. The molecule has 4 heterocycles. The number of pyridine rings is 2. The van der Waals surface area contributed by atoms with Crippen LogP contribution in [-0.2, 0) is 25.7 Å². The van der Waals surface area contributed by atoms with Crippen LogP contribution in [0.5, 0.6) is 5.75 Å². The second kappa shape index (κ2) is 16.0. The Balaban J connectivity index is 0.00000461. The van der Waals surface area contributed by atoms with Crippen molar-refractivity contribution in [3.63, 3.8) is 0 Å². The van der Waals surface area contributed by atoms with Gasteiger partial charge in [0.05, 0.1) is 51.0 Å². The third-order valence-electron chi connectivity index (χ3n) is 8.30. The van der Waals surface area contributed by atoms with Gasteiger partial charge in [0.1, 0.15) is 24.9 Å². The number of Topliss-reactive ketones (excluding diaryl/α,β-unsaturated/α-hetero) is 1. The zero-order chi connectivity index (χ0) is 30.9. The third kappa shape index (κ3) is 8.95. The van der Waals surface area contributed by atoms with Crippen LogP contribution in [0.25, 0.3) is 10.9 Å². The van der Waals surface area contributed by atoms with Crippen LogP contribution >= 0.6 is 0 Å². The fourth-order valence-electron chi connectivity index (χ4n) is 5.67. The molecular weight excluding hydrogens is 691 g/mol. The number of quaternary nitrogens is 1. The highest BCUT2D eigenvalue weighted by atomic mass is 127. The van der Waals surface area contributed by atoms with Gasteiger partial charge in [-0.05, 0) is 48.7 Å². The van der Waals surface area contributed by atoms with Crippen molar-refractivity contribution in [3.8, 4) is 5.75 Å². The molecule has 3 aromatic rings. The largest absolute Gasteiger partial charge is 1.00 e. The van der Waals surface area contributed by atoms with Gasteiger partial charge in [-0.15, -0.1) is 0 Å². The summed E-state index contributed by atoms with van der Waals surface area (Å²) in [6.45, 7) is 5.32. The minimum absolute atomic E-state index is 0. The molecule has 2 fully saturated rings. The van der Waals surface area contributed by atoms with Crippen molar-refractivity contribution in [3.05, 3.63) is 66.1 Å². The Morgan fingerprint density at radius 3 is 2.69 bits per heavy atom. The van der Waals surface area contributed by atoms with Gasteiger partial charge in [-0.2, -0.15) is 0 Å². The SMILES string of the molecule is C[N+]1(CCCOc2ccc3nccc(C(=O)NCC(=O)N4CCC[C@H]4C(=O)C(=O)NCc4cccnc4)c3c2)CCOCC1.[I-]. The maximum Gasteiger partial charge on any atom is 0.289 e. The fourth-order valence-corrected chi connectivity index (χ4v) is 5.67. The number of benzene rings is 1. The number of fused-ring (bicyclic) bond motifs is 1. The van der Waals surface area contributed by atoms with E-state index < -0.39 is 29.5 Å². The normalized spacial score (nSPS) is 17.3. The minimum Gasteiger partial charge on any atom is -1.00 e. The van der Waals surface area contributed by atoms with Gasteiger partial charge in [-0.1, -0.05) is 6.07 Å². The molecule has 0 aliphatic carbocycles. The summed E-state index contributed by atoms with van der Waals surface area (Å²) in [5.41, 5.74) is 1.76. The van der Waals surface area contributed by atoms with Crippen LogP contribution in [0.4, 0.5) is 0 Å². The zero-order valence-corrected chi connectivity index (χ0v) is 27.5. The highest BCUT2D eigenvalue weighted by molar-refractivity contribution is 6.38. The van der Waals surface area contributed by atoms with E-state index in [1.807, 2.05) is 12.1 Å². The summed E-state index contributed by atoms with van der Waals surface area (Å²) in [5, 5.41) is 5.90. The lowest BCUT2D eigenvalue weighted by atomic mass is 10.1. The summed E-state index contributed by atoms with van der Waals surface area (Å²) in [6.07, 6.45) is 6.65. The van der Waals surface area contributed by atoms with E-state index in [-0.39, 0.29) is 37.1 Å². The zero-order valence-electron chi connectivity index (χ0n) is 25.4. The van der Waals surface area contributed by atoms with Crippen molar-refractivity contribution >= 4 is 34.4 Å². The lowest BCUT2D eigenvalue weighted by molar-refractivity contribution is -0.917. The van der Waals surface area contributed by atoms with Crippen molar-refractivity contribution in [1.82, 2.24) is 25.5 Å². The number of morpholine rings is 1. The number of ether oxygens (including phenoxy) is 2. The number of carbonyl (C=O) groups is 4. The van der Waals surface area contributed by atoms with E-state index >= 15 is 0 Å². The topological polar surface area (TPSA) is 140 Å². The van der Waals surface area contributed by atoms with E-state index in [0.717, 1.165) is 49.3 Å². The number of nitrogens with zero attached hydrogens (tertiary/aromatic N) is 4. The number of carbonyl (C=O) groups excluding carboxylic acids is 4. The number of likely N-dealkylation sites (N-methyl/N-ethyl adjacent to an activating group) is 1. The van der Waals surface area contributed by atoms with Crippen LogP contribution in [0.1, 0.15) is 35.2 Å². The van der Waals surface area contributed by atoms with Gasteiger partial charge < -0.3 is 53.5 Å². The second-order valence-electron chi connectivity index (χ2n) is 11.5. The van der Waals surface area contributed by atoms with Gasteiger partial charge in [0.2, 0.25) is 11.7 Å². The van der Waals surface area contributed by atoms with Crippen LogP contribution in [0.15, 0.2) is 55.0 Å². The predicted octanol–water partition coefficient (Wildman–Crippen LogP) is -1.51. The van der Waals surface area contributed by atoms with E-state index in [0.29, 0.717) is 48.2 Å². The number of ketones is 1. The first kappa shape index (κ1) is 34.2. The molecule has 2 aliphatic heterocycles. The molecule has 240 valence electrons. The molecule has 12 nitrogen and oxygen atoms in total. The van der Waals surface area contributed by atoms with Crippen LogP contribution in [0, 0.1) is 0 Å². The molecule has 1 aromatic carbocycles. The number of amides is 3. The molecule has 0 spiro atoms. The monoisotopic (exact) mass is 730 g/mol. The van der Waals surface area contributed by atoms with Crippen molar-refractivity contribution in [2.24, 2.45) is 0 Å². The first-order valence-electron chi connectivity index (χ1n) is 15.0. The summed E-state index contributed by atoms with van der Waals surface area (Å²) in [4.78, 5) is 61.4. The first-order valence-corrected chi connectivity index (χ1v) is 15.0. The van der Waals surface area contributed by atoms with E-state index in [1.165, 1.54) is 4.90 Å². The van der Waals surface area contributed by atoms with Crippen LogP contribution < -0.4 is 39.3 Å². The van der Waals surface area contributed by atoms with Crippen molar-refractivity contribution in [2.75, 3.05) is 59.6 Å². The maximum atomic E-state index is 13.2. The Labute approximate surface area is 279 Å². The van der Waals surface area contributed by atoms with Crippen molar-refractivity contribution in [2.45, 2.75) is 31.8 Å². The molecule has 0 bridgehead atoms. The van der Waals surface area contributed by atoms with E-state index in [4.69, 9.17) is 9.47 Å². The number of rotatable bonds is 12. The molecule has 3 amide bonds. The smallest absolute Gasteiger partial charge is 0.289 e. The van der Waals surface area contributed by atoms with Crippen molar-refractivity contribution < 1.29 is 57.1 Å². The average molecular weight is 731 g/mol. The molecule has 5 rings (SSSR count). The Morgan fingerprint density at radius 1 is 1.09 bits per heavy atom. The van der Waals surface area contributed by atoms with Gasteiger partial charge in [-0.3, -0.25) is 29.1 Å². The molecule has 1 atom stereocenters. The molecule has 2 saturated heterocycles. The fraction of sp³-hybridized carbons (Fsp3) is 0.438. The van der Waals surface area contributed by atoms with Crippen LogP contribution in [0.3, 0.4) is 0 Å². The second-order valence-corrected chi connectivity index (χ2v) is 11.5. The standard InChI is InChI=1S/C32H38N6O6.HI/c1-38(14-17-43-18-15-38)13-4-16-44-24-7-8-27-26(19-24)25(9-11-34-27)31(41)36-22-29(39)37-12-3-6-28(37)30(40)32(42)35-21-23-5-2-10-33-20-23;/h2,5,7-11,19-20,28H,3-4,6,12-18,21-22H2,1H3,(H-,35,36,41,42);1H/t28-;/m0./s1. The summed E-state index contributed by atoms with van der Waals surface area (Å²) >= 11 is 0. The Kier molecular flexibility index (Phi) is 12.2. The van der Waals surface area contributed by atoms with Gasteiger partial charge in [-0.25, -0.2) is 0 Å².